The zero-order valence-electron chi connectivity index (χ0n) is 12.2. The summed E-state index contributed by atoms with van der Waals surface area (Å²) >= 11 is 0. The van der Waals surface area contributed by atoms with E-state index in [0.29, 0.717) is 18.6 Å². The van der Waals surface area contributed by atoms with Gasteiger partial charge in [-0.1, -0.05) is 32.1 Å². The van der Waals surface area contributed by atoms with Crippen molar-refractivity contribution in [1.82, 2.24) is 0 Å². The van der Waals surface area contributed by atoms with Crippen LogP contribution in [0.4, 0.5) is 0 Å². The van der Waals surface area contributed by atoms with E-state index < -0.39 is 9.84 Å². The molecule has 2 unspecified atom stereocenters. The van der Waals surface area contributed by atoms with Crippen LogP contribution in [0.3, 0.4) is 0 Å². The number of carbonyl (C=O) groups excluding carboxylic acids is 1. The van der Waals surface area contributed by atoms with Gasteiger partial charge in [-0.2, -0.15) is 0 Å². The summed E-state index contributed by atoms with van der Waals surface area (Å²) in [7, 11) is -2.92. The molecule has 3 rings (SSSR count). The number of Topliss-reactive ketones (excluding diaryl/α,β-unsaturated/α-hetero) is 1. The first-order chi connectivity index (χ1) is 9.59. The molecular weight excluding hydrogens is 272 g/mol. The second-order valence-electron chi connectivity index (χ2n) is 7.02. The summed E-state index contributed by atoms with van der Waals surface area (Å²) in [6.07, 6.45) is 10.8. The third-order valence-electron chi connectivity index (χ3n) is 5.74. The van der Waals surface area contributed by atoms with Crippen molar-refractivity contribution >= 4 is 15.6 Å². The molecule has 2 bridgehead atoms. The molecule has 0 aromatic heterocycles. The van der Waals surface area contributed by atoms with E-state index in [4.69, 9.17) is 0 Å². The Bertz CT molecular complexity index is 440. The van der Waals surface area contributed by atoms with Crippen LogP contribution in [0.15, 0.2) is 0 Å². The van der Waals surface area contributed by atoms with Crippen LogP contribution in [0.5, 0.6) is 0 Å². The first kappa shape index (κ1) is 14.6. The van der Waals surface area contributed by atoms with E-state index in [0.717, 1.165) is 32.1 Å². The van der Waals surface area contributed by atoms with Gasteiger partial charge in [0.15, 0.2) is 9.84 Å². The largest absolute Gasteiger partial charge is 0.299 e. The van der Waals surface area contributed by atoms with Crippen LogP contribution in [0.25, 0.3) is 0 Å². The predicted molar refractivity (Wildman–Crippen MR) is 79.3 cm³/mol. The minimum atomic E-state index is -2.92. The minimum absolute atomic E-state index is 0.0388. The monoisotopic (exact) mass is 298 g/mol. The summed E-state index contributed by atoms with van der Waals surface area (Å²) in [4.78, 5) is 12.8. The van der Waals surface area contributed by atoms with E-state index in [-0.39, 0.29) is 22.3 Å². The minimum Gasteiger partial charge on any atom is -0.299 e. The van der Waals surface area contributed by atoms with Crippen LogP contribution in [-0.4, -0.2) is 24.7 Å². The smallest absolute Gasteiger partial charge is 0.156 e. The fourth-order valence-corrected chi connectivity index (χ4v) is 7.07. The van der Waals surface area contributed by atoms with Gasteiger partial charge in [-0.25, -0.2) is 8.42 Å². The normalized spacial score (nSPS) is 38.1. The highest BCUT2D eigenvalue weighted by atomic mass is 32.2. The second-order valence-corrected chi connectivity index (χ2v) is 9.53. The van der Waals surface area contributed by atoms with Gasteiger partial charge in [0.1, 0.15) is 5.78 Å². The fourth-order valence-electron chi connectivity index (χ4n) is 4.54. The number of sulfone groups is 1. The zero-order chi connectivity index (χ0) is 14.2. The van der Waals surface area contributed by atoms with Gasteiger partial charge in [-0.15, -0.1) is 0 Å². The average Bonchev–Trinajstić information content (AvgIpc) is 2.65. The maximum Gasteiger partial charge on any atom is 0.156 e. The molecule has 4 heteroatoms. The highest BCUT2D eigenvalue weighted by Gasteiger charge is 2.46. The van der Waals surface area contributed by atoms with Crippen molar-refractivity contribution in [2.75, 3.05) is 0 Å². The molecule has 0 radical (unpaired) electrons. The van der Waals surface area contributed by atoms with Gasteiger partial charge in [-0.05, 0) is 38.5 Å². The topological polar surface area (TPSA) is 51.2 Å². The van der Waals surface area contributed by atoms with Gasteiger partial charge < -0.3 is 0 Å². The lowest BCUT2D eigenvalue weighted by Crippen LogP contribution is -2.46. The van der Waals surface area contributed by atoms with Gasteiger partial charge in [0, 0.05) is 11.8 Å². The van der Waals surface area contributed by atoms with Crippen molar-refractivity contribution in [2.45, 2.75) is 81.1 Å². The van der Waals surface area contributed by atoms with Crippen molar-refractivity contribution < 1.29 is 13.2 Å². The first-order valence-corrected chi connectivity index (χ1v) is 9.96. The SMILES string of the molecule is O=C(C1CCCCCC1)C1CC2CCCC(C1)S2(=O)=O. The summed E-state index contributed by atoms with van der Waals surface area (Å²) in [6, 6.07) is 0. The molecule has 1 saturated carbocycles. The van der Waals surface area contributed by atoms with Crippen LogP contribution in [-0.2, 0) is 14.6 Å². The number of hydrogen-bond acceptors (Lipinski definition) is 3. The Hall–Kier alpha value is -0.380. The van der Waals surface area contributed by atoms with Gasteiger partial charge in [-0.3, -0.25) is 4.79 Å². The van der Waals surface area contributed by atoms with E-state index in [9.17, 15) is 13.2 Å². The molecule has 3 fully saturated rings. The number of hydrogen-bond donors (Lipinski definition) is 0. The number of rotatable bonds is 2. The first-order valence-electron chi connectivity index (χ1n) is 8.35. The second kappa shape index (κ2) is 5.78. The Morgan fingerprint density at radius 2 is 1.25 bits per heavy atom. The predicted octanol–water partition coefficient (Wildman–Crippen LogP) is 3.27. The third kappa shape index (κ3) is 2.68. The Morgan fingerprint density at radius 3 is 1.80 bits per heavy atom. The van der Waals surface area contributed by atoms with Crippen LogP contribution in [0.1, 0.15) is 70.6 Å². The lowest BCUT2D eigenvalue weighted by molar-refractivity contribution is -0.128. The molecule has 0 spiro atoms. The van der Waals surface area contributed by atoms with Gasteiger partial charge >= 0.3 is 0 Å². The maximum atomic E-state index is 12.8. The Labute approximate surface area is 122 Å². The van der Waals surface area contributed by atoms with Crippen LogP contribution in [0, 0.1) is 11.8 Å². The Kier molecular flexibility index (Phi) is 4.21. The van der Waals surface area contributed by atoms with Crippen molar-refractivity contribution in [1.29, 1.82) is 0 Å². The zero-order valence-corrected chi connectivity index (χ0v) is 13.0. The summed E-state index contributed by atoms with van der Waals surface area (Å²) < 4.78 is 24.6. The van der Waals surface area contributed by atoms with Gasteiger partial charge in [0.25, 0.3) is 0 Å². The lowest BCUT2D eigenvalue weighted by Gasteiger charge is -2.39. The van der Waals surface area contributed by atoms with Crippen LogP contribution < -0.4 is 0 Å². The number of ketones is 1. The molecule has 0 amide bonds. The Balaban J connectivity index is 1.70. The van der Waals surface area contributed by atoms with E-state index in [2.05, 4.69) is 0 Å². The quantitative estimate of drug-likeness (QED) is 0.735. The van der Waals surface area contributed by atoms with Gasteiger partial charge in [0.2, 0.25) is 0 Å². The lowest BCUT2D eigenvalue weighted by atomic mass is 9.80. The molecule has 114 valence electrons. The fraction of sp³-hybridized carbons (Fsp3) is 0.938. The molecule has 3 nitrogen and oxygen atoms in total. The van der Waals surface area contributed by atoms with Crippen molar-refractivity contribution in [3.63, 3.8) is 0 Å². The molecule has 1 aliphatic carbocycles. The standard InChI is InChI=1S/C16H26O3S/c17-16(12-6-3-1-2-4-7-12)13-10-14-8-5-9-15(11-13)20(14,18)19/h12-15H,1-11H2. The molecule has 2 atom stereocenters. The molecule has 0 aromatic rings. The summed E-state index contributed by atoms with van der Waals surface area (Å²) in [5.41, 5.74) is 0. The molecule has 3 aliphatic rings. The molecular formula is C16H26O3S. The van der Waals surface area contributed by atoms with Crippen molar-refractivity contribution in [3.05, 3.63) is 0 Å². The van der Waals surface area contributed by atoms with Crippen LogP contribution >= 0.6 is 0 Å². The van der Waals surface area contributed by atoms with E-state index in [1.165, 1.54) is 25.7 Å². The number of fused-ring (bicyclic) bond motifs is 2. The molecule has 2 aliphatic heterocycles. The third-order valence-corrected chi connectivity index (χ3v) is 8.45. The van der Waals surface area contributed by atoms with Crippen molar-refractivity contribution in [3.8, 4) is 0 Å². The molecule has 2 saturated heterocycles. The molecule has 2 heterocycles. The van der Waals surface area contributed by atoms with Crippen LogP contribution in [0.2, 0.25) is 0 Å². The summed E-state index contributed by atoms with van der Waals surface area (Å²) in [5, 5.41) is -0.426. The van der Waals surface area contributed by atoms with E-state index >= 15 is 0 Å². The van der Waals surface area contributed by atoms with E-state index in [1.54, 1.807) is 0 Å². The molecule has 0 N–H and O–H groups in total. The number of carbonyl (C=O) groups is 1. The maximum absolute atomic E-state index is 12.8. The molecule has 0 aromatic carbocycles. The average molecular weight is 298 g/mol. The highest BCUT2D eigenvalue weighted by molar-refractivity contribution is 7.92. The Morgan fingerprint density at radius 1 is 0.700 bits per heavy atom. The highest BCUT2D eigenvalue weighted by Crippen LogP contribution is 2.41. The summed E-state index contributed by atoms with van der Waals surface area (Å²) in [6.45, 7) is 0. The van der Waals surface area contributed by atoms with E-state index in [1.807, 2.05) is 0 Å². The summed E-state index contributed by atoms with van der Waals surface area (Å²) in [5.74, 6) is 0.666. The molecule has 20 heavy (non-hydrogen) atoms. The van der Waals surface area contributed by atoms with Crippen molar-refractivity contribution in [2.24, 2.45) is 11.8 Å². The van der Waals surface area contributed by atoms with Gasteiger partial charge in [0.05, 0.1) is 10.5 Å².